The Bertz CT molecular complexity index is 556. The van der Waals surface area contributed by atoms with Crippen LogP contribution in [0.4, 0.5) is 5.82 Å². The topological polar surface area (TPSA) is 88.2 Å². The van der Waals surface area contributed by atoms with Gasteiger partial charge in [0.1, 0.15) is 5.82 Å². The van der Waals surface area contributed by atoms with Crippen molar-refractivity contribution in [2.24, 2.45) is 0 Å². The molecule has 0 saturated carbocycles. The minimum Gasteiger partial charge on any atom is -0.311 e. The minimum absolute atomic E-state index is 0.224. The zero-order valence-electron chi connectivity index (χ0n) is 10.8. The van der Waals surface area contributed by atoms with Crippen molar-refractivity contribution < 1.29 is 14.4 Å². The van der Waals surface area contributed by atoms with Crippen molar-refractivity contribution in [1.29, 1.82) is 0 Å². The molecule has 0 radical (unpaired) electrons. The van der Waals surface area contributed by atoms with E-state index in [-0.39, 0.29) is 17.7 Å². The van der Waals surface area contributed by atoms with Gasteiger partial charge in [-0.1, -0.05) is 0 Å². The molecule has 1 aliphatic rings. The fourth-order valence-corrected chi connectivity index (χ4v) is 2.10. The molecule has 3 amide bonds. The fourth-order valence-electron chi connectivity index (χ4n) is 2.10. The maximum absolute atomic E-state index is 12.0. The van der Waals surface area contributed by atoms with E-state index in [0.29, 0.717) is 18.7 Å². The predicted octanol–water partition coefficient (Wildman–Crippen LogP) is 0.734. The molecule has 0 spiro atoms. The Hall–Kier alpha value is -2.24. The van der Waals surface area contributed by atoms with Crippen molar-refractivity contribution in [3.63, 3.8) is 0 Å². The van der Waals surface area contributed by atoms with Crippen molar-refractivity contribution in [2.45, 2.75) is 32.1 Å². The quantitative estimate of drug-likeness (QED) is 0.768. The third-order valence-electron chi connectivity index (χ3n) is 3.31. The molecule has 6 nitrogen and oxygen atoms in total. The maximum atomic E-state index is 12.0. The lowest BCUT2D eigenvalue weighted by Crippen LogP contribution is -2.49. The fraction of sp³-hybridized carbons (Fsp3) is 0.385. The molecule has 0 aromatic carbocycles. The Morgan fingerprint density at radius 1 is 1.47 bits per heavy atom. The van der Waals surface area contributed by atoms with Crippen LogP contribution in [0.5, 0.6) is 0 Å². The van der Waals surface area contributed by atoms with Gasteiger partial charge in [0.2, 0.25) is 17.7 Å². The van der Waals surface area contributed by atoms with E-state index in [0.717, 1.165) is 5.56 Å². The van der Waals surface area contributed by atoms with Crippen molar-refractivity contribution in [2.75, 3.05) is 5.32 Å². The molecular formula is C13H15N3O3. The van der Waals surface area contributed by atoms with Crippen LogP contribution >= 0.6 is 0 Å². The number of carbonyl (C=O) groups excluding carboxylic acids is 3. The lowest BCUT2D eigenvalue weighted by molar-refractivity contribution is -0.137. The number of pyridine rings is 1. The smallest absolute Gasteiger partial charge is 0.236 e. The molecule has 2 N–H and O–H groups in total. The van der Waals surface area contributed by atoms with Crippen LogP contribution in [0.3, 0.4) is 0 Å². The van der Waals surface area contributed by atoms with Gasteiger partial charge in [0.15, 0.2) is 0 Å². The number of nitrogens with one attached hydrogen (secondary N) is 2. The number of piperidine rings is 1. The molecule has 1 fully saturated rings. The summed E-state index contributed by atoms with van der Waals surface area (Å²) < 4.78 is 0. The summed E-state index contributed by atoms with van der Waals surface area (Å²) in [4.78, 5) is 38.3. The summed E-state index contributed by atoms with van der Waals surface area (Å²) in [5.74, 6) is -0.392. The van der Waals surface area contributed by atoms with E-state index in [1.807, 2.05) is 0 Å². The average Bonchev–Trinajstić information content (AvgIpc) is 2.34. The number of rotatable bonds is 2. The first-order valence-electron chi connectivity index (χ1n) is 6.00. The van der Waals surface area contributed by atoms with E-state index >= 15 is 0 Å². The molecule has 6 heteroatoms. The minimum atomic E-state index is -0.774. The molecule has 100 valence electrons. The van der Waals surface area contributed by atoms with Gasteiger partial charge in [-0.15, -0.1) is 0 Å². The Morgan fingerprint density at radius 2 is 2.21 bits per heavy atom. The van der Waals surface area contributed by atoms with Crippen LogP contribution < -0.4 is 10.6 Å². The van der Waals surface area contributed by atoms with Crippen LogP contribution in [0.1, 0.15) is 32.3 Å². The Kier molecular flexibility index (Phi) is 3.33. The molecule has 2 rings (SSSR count). The highest BCUT2D eigenvalue weighted by atomic mass is 16.2. The van der Waals surface area contributed by atoms with Gasteiger partial charge in [-0.2, -0.15) is 0 Å². The SMILES string of the molecule is CC(=O)Nc1cc(C2(C)CCC(=O)NC2=O)ccn1. The van der Waals surface area contributed by atoms with E-state index in [9.17, 15) is 14.4 Å². The van der Waals surface area contributed by atoms with Crippen molar-refractivity contribution in [1.82, 2.24) is 10.3 Å². The van der Waals surface area contributed by atoms with Gasteiger partial charge in [0.25, 0.3) is 0 Å². The summed E-state index contributed by atoms with van der Waals surface area (Å²) in [6, 6.07) is 3.39. The van der Waals surface area contributed by atoms with E-state index in [2.05, 4.69) is 15.6 Å². The highest BCUT2D eigenvalue weighted by Gasteiger charge is 2.40. The summed E-state index contributed by atoms with van der Waals surface area (Å²) in [6.07, 6.45) is 2.29. The molecular weight excluding hydrogens is 246 g/mol. The van der Waals surface area contributed by atoms with Gasteiger partial charge in [-0.05, 0) is 31.0 Å². The summed E-state index contributed by atoms with van der Waals surface area (Å²) in [6.45, 7) is 3.17. The molecule has 0 aliphatic carbocycles. The van der Waals surface area contributed by atoms with Crippen LogP contribution in [0.2, 0.25) is 0 Å². The Morgan fingerprint density at radius 3 is 2.84 bits per heavy atom. The average molecular weight is 261 g/mol. The second-order valence-corrected chi connectivity index (χ2v) is 4.82. The maximum Gasteiger partial charge on any atom is 0.236 e. The summed E-state index contributed by atoms with van der Waals surface area (Å²) in [5, 5.41) is 4.92. The van der Waals surface area contributed by atoms with Crippen molar-refractivity contribution in [3.05, 3.63) is 23.9 Å². The van der Waals surface area contributed by atoms with Crippen molar-refractivity contribution in [3.8, 4) is 0 Å². The van der Waals surface area contributed by atoms with Crippen LogP contribution in [0.15, 0.2) is 18.3 Å². The predicted molar refractivity (Wildman–Crippen MR) is 68.3 cm³/mol. The van der Waals surface area contributed by atoms with E-state index in [1.54, 1.807) is 19.1 Å². The first-order chi connectivity index (χ1) is 8.91. The van der Waals surface area contributed by atoms with E-state index < -0.39 is 5.41 Å². The number of hydrogen-bond acceptors (Lipinski definition) is 4. The molecule has 1 atom stereocenters. The summed E-state index contributed by atoms with van der Waals surface area (Å²) in [5.41, 5.74) is -0.0411. The normalized spacial score (nSPS) is 22.8. The molecule has 0 bridgehead atoms. The molecule has 1 saturated heterocycles. The number of hydrogen-bond donors (Lipinski definition) is 2. The van der Waals surface area contributed by atoms with Crippen LogP contribution in [-0.2, 0) is 19.8 Å². The van der Waals surface area contributed by atoms with Gasteiger partial charge in [-0.3, -0.25) is 19.7 Å². The number of amides is 3. The second-order valence-electron chi connectivity index (χ2n) is 4.82. The third kappa shape index (κ3) is 2.62. The summed E-state index contributed by atoms with van der Waals surface area (Å²) >= 11 is 0. The Balaban J connectivity index is 2.32. The monoisotopic (exact) mass is 261 g/mol. The molecule has 1 aromatic heterocycles. The van der Waals surface area contributed by atoms with Crippen LogP contribution in [0.25, 0.3) is 0 Å². The van der Waals surface area contributed by atoms with Crippen molar-refractivity contribution >= 4 is 23.5 Å². The van der Waals surface area contributed by atoms with Gasteiger partial charge in [0.05, 0.1) is 5.41 Å². The first-order valence-corrected chi connectivity index (χ1v) is 6.00. The molecule has 1 aliphatic heterocycles. The molecule has 19 heavy (non-hydrogen) atoms. The zero-order chi connectivity index (χ0) is 14.0. The molecule has 2 heterocycles. The lowest BCUT2D eigenvalue weighted by atomic mass is 9.76. The van der Waals surface area contributed by atoms with Crippen LogP contribution in [-0.4, -0.2) is 22.7 Å². The van der Waals surface area contributed by atoms with Crippen LogP contribution in [0, 0.1) is 0 Å². The number of anilines is 1. The van der Waals surface area contributed by atoms with Gasteiger partial charge in [0, 0.05) is 19.5 Å². The van der Waals surface area contributed by atoms with E-state index in [4.69, 9.17) is 0 Å². The largest absolute Gasteiger partial charge is 0.311 e. The van der Waals surface area contributed by atoms with Gasteiger partial charge >= 0.3 is 0 Å². The number of nitrogens with zero attached hydrogens (tertiary/aromatic N) is 1. The zero-order valence-corrected chi connectivity index (χ0v) is 10.8. The standard InChI is InChI=1S/C13H15N3O3/c1-8(17)15-10-7-9(4-6-14-10)13(2)5-3-11(18)16-12(13)19/h4,6-7H,3,5H2,1-2H3,(H,14,15,17)(H,16,18,19). The number of aromatic nitrogens is 1. The lowest BCUT2D eigenvalue weighted by Gasteiger charge is -2.32. The highest BCUT2D eigenvalue weighted by Crippen LogP contribution is 2.32. The third-order valence-corrected chi connectivity index (χ3v) is 3.31. The van der Waals surface area contributed by atoms with E-state index in [1.165, 1.54) is 13.1 Å². The van der Waals surface area contributed by atoms with Gasteiger partial charge in [-0.25, -0.2) is 4.98 Å². The second kappa shape index (κ2) is 4.79. The Labute approximate surface area is 110 Å². The number of carbonyl (C=O) groups is 3. The van der Waals surface area contributed by atoms with Gasteiger partial charge < -0.3 is 5.32 Å². The molecule has 1 unspecified atom stereocenters. The summed E-state index contributed by atoms with van der Waals surface area (Å²) in [7, 11) is 0. The molecule has 1 aromatic rings. The highest BCUT2D eigenvalue weighted by molar-refractivity contribution is 6.03. The first kappa shape index (κ1) is 13.2. The number of imide groups is 1.